The minimum Gasteiger partial charge on any atom is -0.456 e. The minimum atomic E-state index is -0.623. The molecule has 0 atom stereocenters. The first-order valence-corrected chi connectivity index (χ1v) is 9.45. The van der Waals surface area contributed by atoms with Crippen LogP contribution in [0, 0.1) is 0 Å². The molecule has 0 saturated heterocycles. The summed E-state index contributed by atoms with van der Waals surface area (Å²) in [6.07, 6.45) is 2.78. The molecule has 0 aliphatic rings. The number of amides is 1. The molecule has 28 heavy (non-hydrogen) atoms. The van der Waals surface area contributed by atoms with Gasteiger partial charge < -0.3 is 10.1 Å². The average molecular weight is 419 g/mol. The normalized spacial score (nSPS) is 10.5. The summed E-state index contributed by atoms with van der Waals surface area (Å²) in [6.45, 7) is -0.477. The van der Waals surface area contributed by atoms with Crippen LogP contribution in [0.15, 0.2) is 48.4 Å². The van der Waals surface area contributed by atoms with Crippen LogP contribution in [0.1, 0.15) is 22.5 Å². The van der Waals surface area contributed by atoms with E-state index in [1.807, 2.05) is 0 Å². The van der Waals surface area contributed by atoms with E-state index in [1.165, 1.54) is 28.7 Å². The van der Waals surface area contributed by atoms with Gasteiger partial charge in [0.25, 0.3) is 5.91 Å². The van der Waals surface area contributed by atoms with Gasteiger partial charge in [-0.2, -0.15) is 5.10 Å². The van der Waals surface area contributed by atoms with Gasteiger partial charge >= 0.3 is 5.97 Å². The molecule has 0 unspecified atom stereocenters. The van der Waals surface area contributed by atoms with E-state index >= 15 is 0 Å². The summed E-state index contributed by atoms with van der Waals surface area (Å²) in [4.78, 5) is 40.2. The van der Waals surface area contributed by atoms with Crippen LogP contribution < -0.4 is 5.32 Å². The number of halogens is 1. The number of ether oxygens (including phenoxy) is 1. The number of carbonyl (C=O) groups excluding carboxylic acids is 3. The van der Waals surface area contributed by atoms with Crippen molar-refractivity contribution in [2.24, 2.45) is 0 Å². The molecule has 1 aromatic carbocycles. The predicted molar refractivity (Wildman–Crippen MR) is 104 cm³/mol. The predicted octanol–water partition coefficient (Wildman–Crippen LogP) is 3.13. The van der Waals surface area contributed by atoms with Gasteiger partial charge in [-0.05, 0) is 29.6 Å². The fourth-order valence-electron chi connectivity index (χ4n) is 2.32. The van der Waals surface area contributed by atoms with E-state index in [1.54, 1.807) is 35.7 Å². The fourth-order valence-corrected chi connectivity index (χ4v) is 3.19. The number of rotatable bonds is 8. The molecule has 1 amide bonds. The second-order valence-electron chi connectivity index (χ2n) is 5.61. The monoisotopic (exact) mass is 418 g/mol. The number of nitrogens with zero attached hydrogens (tertiary/aromatic N) is 3. The molecule has 2 heterocycles. The van der Waals surface area contributed by atoms with Crippen molar-refractivity contribution in [3.05, 3.63) is 58.3 Å². The first kappa shape index (κ1) is 19.7. The van der Waals surface area contributed by atoms with Gasteiger partial charge in [-0.1, -0.05) is 17.7 Å². The lowest BCUT2D eigenvalue weighted by Gasteiger charge is -2.11. The molecule has 0 radical (unpaired) electrons. The number of nitrogens with one attached hydrogen (secondary N) is 1. The SMILES string of the molecule is O=C(COC(=O)CCC(=O)c1cccs1)Nc1cc(Cl)ccc1-n1cncn1. The van der Waals surface area contributed by atoms with E-state index in [0.717, 1.165) is 0 Å². The molecule has 0 bridgehead atoms. The topological polar surface area (TPSA) is 103 Å². The number of ketones is 1. The van der Waals surface area contributed by atoms with Crippen molar-refractivity contribution in [3.63, 3.8) is 0 Å². The average Bonchev–Trinajstić information content (AvgIpc) is 3.38. The molecule has 10 heteroatoms. The highest BCUT2D eigenvalue weighted by Gasteiger charge is 2.14. The summed E-state index contributed by atoms with van der Waals surface area (Å²) < 4.78 is 6.40. The van der Waals surface area contributed by atoms with Crippen molar-refractivity contribution in [2.45, 2.75) is 12.8 Å². The highest BCUT2D eigenvalue weighted by Crippen LogP contribution is 2.23. The van der Waals surface area contributed by atoms with E-state index in [4.69, 9.17) is 16.3 Å². The molecular weight excluding hydrogens is 404 g/mol. The van der Waals surface area contributed by atoms with Crippen molar-refractivity contribution < 1.29 is 19.1 Å². The number of esters is 1. The zero-order valence-corrected chi connectivity index (χ0v) is 16.1. The lowest BCUT2D eigenvalue weighted by molar-refractivity contribution is -0.147. The Morgan fingerprint density at radius 3 is 2.79 bits per heavy atom. The molecule has 0 saturated carbocycles. The van der Waals surface area contributed by atoms with Gasteiger partial charge in [-0.15, -0.1) is 11.3 Å². The van der Waals surface area contributed by atoms with Gasteiger partial charge in [-0.25, -0.2) is 9.67 Å². The third kappa shape index (κ3) is 5.24. The quantitative estimate of drug-likeness (QED) is 0.445. The Kier molecular flexibility index (Phi) is 6.51. The summed E-state index contributed by atoms with van der Waals surface area (Å²) in [7, 11) is 0. The molecule has 0 fully saturated rings. The third-order valence-corrected chi connectivity index (χ3v) is 4.76. The molecule has 8 nitrogen and oxygen atoms in total. The van der Waals surface area contributed by atoms with E-state index in [9.17, 15) is 14.4 Å². The standard InChI is InChI=1S/C18H15ClN4O4S/c19-12-3-4-14(23-11-20-10-21-23)13(8-12)22-17(25)9-27-18(26)6-5-15(24)16-2-1-7-28-16/h1-4,7-8,10-11H,5-6,9H2,(H,22,25). The Bertz CT molecular complexity index is 974. The molecule has 0 aliphatic heterocycles. The van der Waals surface area contributed by atoms with E-state index in [-0.39, 0.29) is 18.6 Å². The Labute approximate surface area is 169 Å². The molecular formula is C18H15ClN4O4S. The van der Waals surface area contributed by atoms with E-state index in [2.05, 4.69) is 15.4 Å². The molecule has 2 aromatic heterocycles. The van der Waals surface area contributed by atoms with Crippen molar-refractivity contribution in [1.82, 2.24) is 14.8 Å². The molecule has 0 aliphatic carbocycles. The Morgan fingerprint density at radius 1 is 1.21 bits per heavy atom. The van der Waals surface area contributed by atoms with E-state index < -0.39 is 18.5 Å². The molecule has 144 valence electrons. The summed E-state index contributed by atoms with van der Waals surface area (Å²) >= 11 is 7.30. The van der Waals surface area contributed by atoms with Gasteiger partial charge in [0, 0.05) is 11.4 Å². The number of carbonyl (C=O) groups is 3. The maximum absolute atomic E-state index is 12.1. The van der Waals surface area contributed by atoms with Crippen molar-refractivity contribution in [1.29, 1.82) is 0 Å². The third-order valence-electron chi connectivity index (χ3n) is 3.61. The number of aromatic nitrogens is 3. The molecule has 3 aromatic rings. The second-order valence-corrected chi connectivity index (χ2v) is 6.99. The smallest absolute Gasteiger partial charge is 0.306 e. The van der Waals surface area contributed by atoms with Crippen LogP contribution in [-0.2, 0) is 14.3 Å². The maximum atomic E-state index is 12.1. The highest BCUT2D eigenvalue weighted by molar-refractivity contribution is 7.12. The second kappa shape index (κ2) is 9.25. The number of benzene rings is 1. The maximum Gasteiger partial charge on any atom is 0.306 e. The zero-order chi connectivity index (χ0) is 19.9. The molecule has 0 spiro atoms. The number of Topliss-reactive ketones (excluding diaryl/α,β-unsaturated/α-hetero) is 1. The van der Waals surface area contributed by atoms with Crippen molar-refractivity contribution >= 4 is 46.3 Å². The van der Waals surface area contributed by atoms with Crippen LogP contribution in [0.3, 0.4) is 0 Å². The van der Waals surface area contributed by atoms with Crippen LogP contribution in [0.4, 0.5) is 5.69 Å². The summed E-state index contributed by atoms with van der Waals surface area (Å²) in [5.74, 6) is -1.29. The van der Waals surface area contributed by atoms with Crippen molar-refractivity contribution in [3.8, 4) is 5.69 Å². The van der Waals surface area contributed by atoms with Gasteiger partial charge in [0.05, 0.1) is 22.7 Å². The van der Waals surface area contributed by atoms with Crippen LogP contribution >= 0.6 is 22.9 Å². The van der Waals surface area contributed by atoms with Gasteiger partial charge in [-0.3, -0.25) is 14.4 Å². The summed E-state index contributed by atoms with van der Waals surface area (Å²) in [6, 6.07) is 8.35. The highest BCUT2D eigenvalue weighted by atomic mass is 35.5. The van der Waals surface area contributed by atoms with Crippen LogP contribution in [0.5, 0.6) is 0 Å². The fraction of sp³-hybridized carbons (Fsp3) is 0.167. The Hall–Kier alpha value is -3.04. The van der Waals surface area contributed by atoms with Gasteiger partial charge in [0.1, 0.15) is 12.7 Å². The Morgan fingerprint density at radius 2 is 2.07 bits per heavy atom. The molecule has 1 N–H and O–H groups in total. The Balaban J connectivity index is 1.51. The lowest BCUT2D eigenvalue weighted by atomic mass is 10.2. The minimum absolute atomic E-state index is 0.0334. The van der Waals surface area contributed by atoms with Crippen LogP contribution in [0.2, 0.25) is 5.02 Å². The molecule has 3 rings (SSSR count). The first-order valence-electron chi connectivity index (χ1n) is 8.19. The number of anilines is 1. The van der Waals surface area contributed by atoms with Crippen LogP contribution in [0.25, 0.3) is 5.69 Å². The largest absolute Gasteiger partial charge is 0.456 e. The van der Waals surface area contributed by atoms with Crippen molar-refractivity contribution in [2.75, 3.05) is 11.9 Å². The van der Waals surface area contributed by atoms with Crippen LogP contribution in [-0.4, -0.2) is 39.0 Å². The number of thiophene rings is 1. The summed E-state index contributed by atoms with van der Waals surface area (Å²) in [5.41, 5.74) is 0.954. The first-order chi connectivity index (χ1) is 13.5. The zero-order valence-electron chi connectivity index (χ0n) is 14.5. The summed E-state index contributed by atoms with van der Waals surface area (Å²) in [5, 5.41) is 8.85. The number of hydrogen-bond donors (Lipinski definition) is 1. The van der Waals surface area contributed by atoms with E-state index in [0.29, 0.717) is 21.3 Å². The van der Waals surface area contributed by atoms with Gasteiger partial charge in [0.15, 0.2) is 12.4 Å². The van der Waals surface area contributed by atoms with Gasteiger partial charge in [0.2, 0.25) is 0 Å². The lowest BCUT2D eigenvalue weighted by Crippen LogP contribution is -2.22. The number of hydrogen-bond acceptors (Lipinski definition) is 7.